The largest absolute Gasteiger partial charge is 0.371 e. The molecular formula is C21H21FN6O. The average molecular weight is 392 g/mol. The van der Waals surface area contributed by atoms with Gasteiger partial charge >= 0.3 is 0 Å². The van der Waals surface area contributed by atoms with Crippen LogP contribution in [0, 0.1) is 31.0 Å². The molecule has 2 aromatic heterocycles. The summed E-state index contributed by atoms with van der Waals surface area (Å²) in [5, 5.41) is 13.4. The quantitative estimate of drug-likeness (QED) is 0.685. The first-order valence-electron chi connectivity index (χ1n) is 9.45. The number of rotatable bonds is 3. The second-order valence-corrected chi connectivity index (χ2v) is 7.27. The fourth-order valence-electron chi connectivity index (χ4n) is 3.90. The van der Waals surface area contributed by atoms with Crippen LogP contribution in [0.1, 0.15) is 28.9 Å². The van der Waals surface area contributed by atoms with Gasteiger partial charge in [-0.1, -0.05) is 0 Å². The number of likely N-dealkylation sites (N-methyl/N-ethyl adjacent to an activating group) is 1. The minimum atomic E-state index is -0.356. The lowest BCUT2D eigenvalue weighted by Gasteiger charge is -2.35. The Morgan fingerprint density at radius 1 is 1.28 bits per heavy atom. The number of fused-ring (bicyclic) bond motifs is 2. The fourth-order valence-corrected chi connectivity index (χ4v) is 3.90. The van der Waals surface area contributed by atoms with Gasteiger partial charge in [0.05, 0.1) is 17.6 Å². The van der Waals surface area contributed by atoms with Crippen molar-refractivity contribution in [3.8, 4) is 6.07 Å². The molecule has 1 aromatic carbocycles. The summed E-state index contributed by atoms with van der Waals surface area (Å²) in [7, 11) is 1.94. The number of nitriles is 1. The number of carbonyl (C=O) groups excluding carboxylic acids is 1. The van der Waals surface area contributed by atoms with Gasteiger partial charge in [0.25, 0.3) is 0 Å². The summed E-state index contributed by atoms with van der Waals surface area (Å²) in [4.78, 5) is 21.2. The summed E-state index contributed by atoms with van der Waals surface area (Å²) in [6.07, 6.45) is 2.28. The number of anilines is 2. The van der Waals surface area contributed by atoms with E-state index in [-0.39, 0.29) is 18.1 Å². The van der Waals surface area contributed by atoms with E-state index in [9.17, 15) is 14.4 Å². The van der Waals surface area contributed by atoms with Gasteiger partial charge in [0.1, 0.15) is 17.4 Å². The molecule has 148 valence electrons. The van der Waals surface area contributed by atoms with Gasteiger partial charge in [0.2, 0.25) is 5.91 Å². The van der Waals surface area contributed by atoms with Crippen molar-refractivity contribution in [2.24, 2.45) is 0 Å². The van der Waals surface area contributed by atoms with Crippen molar-refractivity contribution in [1.82, 2.24) is 14.6 Å². The molecule has 29 heavy (non-hydrogen) atoms. The number of amides is 1. The monoisotopic (exact) mass is 392 g/mol. The lowest BCUT2D eigenvalue weighted by molar-refractivity contribution is -0.118. The molecule has 0 bridgehead atoms. The first kappa shape index (κ1) is 18.9. The average Bonchev–Trinajstić information content (AvgIpc) is 3.10. The van der Waals surface area contributed by atoms with E-state index < -0.39 is 0 Å². The van der Waals surface area contributed by atoms with Crippen molar-refractivity contribution in [3.63, 3.8) is 0 Å². The molecule has 0 saturated heterocycles. The maximum Gasteiger partial charge on any atom is 0.227 e. The molecular weight excluding hydrogens is 371 g/mol. The Hall–Kier alpha value is -3.47. The van der Waals surface area contributed by atoms with E-state index in [4.69, 9.17) is 0 Å². The molecule has 0 radical (unpaired) electrons. The minimum Gasteiger partial charge on any atom is -0.371 e. The molecule has 3 heterocycles. The van der Waals surface area contributed by atoms with Crippen LogP contribution in [-0.2, 0) is 11.2 Å². The van der Waals surface area contributed by atoms with Gasteiger partial charge in [0.15, 0.2) is 5.65 Å². The summed E-state index contributed by atoms with van der Waals surface area (Å²) >= 11 is 0. The first-order chi connectivity index (χ1) is 13.9. The van der Waals surface area contributed by atoms with Crippen molar-refractivity contribution in [2.75, 3.05) is 29.9 Å². The van der Waals surface area contributed by atoms with Crippen LogP contribution >= 0.6 is 0 Å². The van der Waals surface area contributed by atoms with E-state index in [2.05, 4.69) is 16.2 Å². The Morgan fingerprint density at radius 2 is 2.07 bits per heavy atom. The second kappa shape index (κ2) is 7.17. The molecule has 1 aliphatic rings. The van der Waals surface area contributed by atoms with Gasteiger partial charge in [-0.05, 0) is 44.0 Å². The topological polar surface area (TPSA) is 77.5 Å². The van der Waals surface area contributed by atoms with Crippen LogP contribution < -0.4 is 9.80 Å². The lowest BCUT2D eigenvalue weighted by Crippen LogP contribution is -2.42. The molecule has 0 spiro atoms. The van der Waals surface area contributed by atoms with Crippen molar-refractivity contribution in [2.45, 2.75) is 26.7 Å². The predicted molar refractivity (Wildman–Crippen MR) is 108 cm³/mol. The van der Waals surface area contributed by atoms with Crippen LogP contribution in [0.4, 0.5) is 15.8 Å². The maximum atomic E-state index is 13.8. The van der Waals surface area contributed by atoms with Crippen molar-refractivity contribution < 1.29 is 9.18 Å². The van der Waals surface area contributed by atoms with Crippen LogP contribution in [0.3, 0.4) is 0 Å². The molecule has 0 unspecified atom stereocenters. The van der Waals surface area contributed by atoms with Crippen molar-refractivity contribution in [3.05, 3.63) is 52.7 Å². The third kappa shape index (κ3) is 3.18. The molecule has 4 rings (SSSR count). The zero-order chi connectivity index (χ0) is 20.7. The molecule has 0 saturated carbocycles. The van der Waals surface area contributed by atoms with E-state index in [0.29, 0.717) is 36.4 Å². The highest BCUT2D eigenvalue weighted by Gasteiger charge is 2.26. The molecule has 3 aromatic rings. The van der Waals surface area contributed by atoms with E-state index in [0.717, 1.165) is 22.6 Å². The lowest BCUT2D eigenvalue weighted by atomic mass is 10.0. The van der Waals surface area contributed by atoms with Gasteiger partial charge in [-0.3, -0.25) is 4.79 Å². The molecule has 1 aliphatic heterocycles. The van der Waals surface area contributed by atoms with Gasteiger partial charge in [-0.25, -0.2) is 13.9 Å². The molecule has 7 nitrogen and oxygen atoms in total. The Morgan fingerprint density at radius 3 is 2.83 bits per heavy atom. The molecule has 0 N–H and O–H groups in total. The standard InChI is InChI=1S/C21H21FN6O/c1-13-17(14(2)28-21(25-13)15(11-23)12-24-28)5-7-20(29)27-9-8-26(3)18-6-4-16(22)10-19(18)27/h4,6,10,12H,5,7-9H2,1-3H3. The number of aromatic nitrogens is 3. The molecule has 0 fully saturated rings. The van der Waals surface area contributed by atoms with Crippen LogP contribution in [0.25, 0.3) is 5.65 Å². The fraction of sp³-hybridized carbons (Fsp3) is 0.333. The van der Waals surface area contributed by atoms with E-state index >= 15 is 0 Å². The Bertz CT molecular complexity index is 1160. The first-order valence-corrected chi connectivity index (χ1v) is 9.45. The number of benzene rings is 1. The predicted octanol–water partition coefficient (Wildman–Crippen LogP) is 2.77. The molecule has 0 atom stereocenters. The Labute approximate surface area is 168 Å². The summed E-state index contributed by atoms with van der Waals surface area (Å²) in [6.45, 7) is 5.00. The SMILES string of the molecule is Cc1nc2c(C#N)cnn2c(C)c1CCC(=O)N1CCN(C)c2ccc(F)cc21. The number of carbonyl (C=O) groups is 1. The Kier molecular flexibility index (Phi) is 4.66. The van der Waals surface area contributed by atoms with Gasteiger partial charge in [-0.15, -0.1) is 0 Å². The highest BCUT2D eigenvalue weighted by molar-refractivity contribution is 5.98. The summed E-state index contributed by atoms with van der Waals surface area (Å²) in [5.41, 5.74) is 5.00. The number of aryl methyl sites for hydroxylation is 2. The smallest absolute Gasteiger partial charge is 0.227 e. The van der Waals surface area contributed by atoms with E-state index in [1.54, 1.807) is 15.5 Å². The highest BCUT2D eigenvalue weighted by Crippen LogP contribution is 2.33. The summed E-state index contributed by atoms with van der Waals surface area (Å²) < 4.78 is 15.4. The van der Waals surface area contributed by atoms with Gasteiger partial charge in [0, 0.05) is 37.9 Å². The van der Waals surface area contributed by atoms with Gasteiger partial charge < -0.3 is 9.80 Å². The molecule has 8 heteroatoms. The van der Waals surface area contributed by atoms with Crippen LogP contribution in [-0.4, -0.2) is 40.6 Å². The Balaban J connectivity index is 1.59. The summed E-state index contributed by atoms with van der Waals surface area (Å²) in [5.74, 6) is -0.410. The summed E-state index contributed by atoms with van der Waals surface area (Å²) in [6, 6.07) is 6.63. The third-order valence-corrected chi connectivity index (χ3v) is 5.52. The molecule has 1 amide bonds. The maximum absolute atomic E-state index is 13.8. The number of halogens is 1. The number of hydrogen-bond donors (Lipinski definition) is 0. The van der Waals surface area contributed by atoms with Crippen LogP contribution in [0.15, 0.2) is 24.4 Å². The van der Waals surface area contributed by atoms with Crippen molar-refractivity contribution >= 4 is 22.9 Å². The second-order valence-electron chi connectivity index (χ2n) is 7.27. The van der Waals surface area contributed by atoms with Crippen LogP contribution in [0.5, 0.6) is 0 Å². The van der Waals surface area contributed by atoms with E-state index in [1.807, 2.05) is 25.8 Å². The molecule has 0 aliphatic carbocycles. The number of hydrogen-bond acceptors (Lipinski definition) is 5. The normalized spacial score (nSPS) is 13.5. The highest BCUT2D eigenvalue weighted by atomic mass is 19.1. The minimum absolute atomic E-state index is 0.0537. The third-order valence-electron chi connectivity index (χ3n) is 5.52. The zero-order valence-corrected chi connectivity index (χ0v) is 16.6. The zero-order valence-electron chi connectivity index (χ0n) is 16.6. The number of nitrogens with zero attached hydrogens (tertiary/aromatic N) is 6. The van der Waals surface area contributed by atoms with Crippen molar-refractivity contribution in [1.29, 1.82) is 5.26 Å². The van der Waals surface area contributed by atoms with E-state index in [1.165, 1.54) is 18.3 Å². The van der Waals surface area contributed by atoms with Gasteiger partial charge in [-0.2, -0.15) is 10.4 Å². The van der Waals surface area contributed by atoms with Crippen LogP contribution in [0.2, 0.25) is 0 Å².